The van der Waals surface area contributed by atoms with Crippen LogP contribution in [-0.4, -0.2) is 25.3 Å². The number of pyridine rings is 2. The van der Waals surface area contributed by atoms with Gasteiger partial charge in [-0.25, -0.2) is 15.0 Å². The van der Waals surface area contributed by atoms with Crippen LogP contribution in [0.3, 0.4) is 0 Å². The number of fused-ring (bicyclic) bond motifs is 1. The fourth-order valence-corrected chi connectivity index (χ4v) is 3.97. The van der Waals surface area contributed by atoms with E-state index in [1.54, 1.807) is 23.4 Å². The molecule has 30 heavy (non-hydrogen) atoms. The Kier molecular flexibility index (Phi) is 5.27. The molecule has 0 N–H and O–H groups in total. The highest BCUT2D eigenvalue weighted by atomic mass is 32.2. The van der Waals surface area contributed by atoms with Crippen molar-refractivity contribution >= 4 is 22.8 Å². The average Bonchev–Trinajstić information content (AvgIpc) is 3.04. The van der Waals surface area contributed by atoms with Crippen LogP contribution in [0.5, 0.6) is 0 Å². The zero-order chi connectivity index (χ0) is 21.5. The van der Waals surface area contributed by atoms with Crippen molar-refractivity contribution in [3.63, 3.8) is 0 Å². The quantitative estimate of drug-likeness (QED) is 0.367. The molecular weight excluding hydrogens is 409 g/mol. The monoisotopic (exact) mass is 428 g/mol. The van der Waals surface area contributed by atoms with Crippen molar-refractivity contribution in [2.24, 2.45) is 7.05 Å². The van der Waals surface area contributed by atoms with Crippen LogP contribution in [-0.2, 0) is 13.2 Å². The van der Waals surface area contributed by atoms with Crippen molar-refractivity contribution in [1.29, 1.82) is 0 Å². The number of benzene rings is 1. The van der Waals surface area contributed by atoms with E-state index in [0.717, 1.165) is 33.5 Å². The topological polar surface area (TPSA) is 43.6 Å². The third-order valence-electron chi connectivity index (χ3n) is 4.77. The van der Waals surface area contributed by atoms with E-state index in [2.05, 4.69) is 9.97 Å². The molecule has 0 radical (unpaired) electrons. The Morgan fingerprint density at radius 1 is 1.03 bits per heavy atom. The van der Waals surface area contributed by atoms with Crippen molar-refractivity contribution < 1.29 is 13.2 Å². The van der Waals surface area contributed by atoms with Crippen LogP contribution < -0.4 is 0 Å². The lowest BCUT2D eigenvalue weighted by atomic mass is 10.1. The molecule has 0 saturated carbocycles. The van der Waals surface area contributed by atoms with E-state index in [9.17, 15) is 13.2 Å². The summed E-state index contributed by atoms with van der Waals surface area (Å²) >= 11 is 1.62. The molecule has 4 nitrogen and oxygen atoms in total. The SMILES string of the molecule is CCSc1ccc(-c2ccc(C)cc2)nc1-c1nc2cc(C(F)(F)F)ncc2n1C. The molecule has 0 atom stereocenters. The van der Waals surface area contributed by atoms with Gasteiger partial charge in [-0.1, -0.05) is 36.8 Å². The molecule has 0 spiro atoms. The zero-order valence-electron chi connectivity index (χ0n) is 16.7. The minimum Gasteiger partial charge on any atom is -0.325 e. The second kappa shape index (κ2) is 7.75. The molecule has 0 amide bonds. The Labute approximate surface area is 176 Å². The van der Waals surface area contributed by atoms with Crippen LogP contribution in [0, 0.1) is 6.92 Å². The average molecular weight is 428 g/mol. The lowest BCUT2D eigenvalue weighted by molar-refractivity contribution is -0.141. The van der Waals surface area contributed by atoms with Gasteiger partial charge in [0.15, 0.2) is 5.82 Å². The number of halogens is 3. The van der Waals surface area contributed by atoms with E-state index < -0.39 is 11.9 Å². The summed E-state index contributed by atoms with van der Waals surface area (Å²) in [6, 6.07) is 13.0. The summed E-state index contributed by atoms with van der Waals surface area (Å²) in [4.78, 5) is 13.8. The first-order valence-electron chi connectivity index (χ1n) is 9.39. The molecule has 0 bridgehead atoms. The summed E-state index contributed by atoms with van der Waals surface area (Å²) in [5.74, 6) is 1.35. The van der Waals surface area contributed by atoms with Gasteiger partial charge in [-0.2, -0.15) is 13.2 Å². The highest BCUT2D eigenvalue weighted by Gasteiger charge is 2.33. The Hall–Kier alpha value is -2.87. The third kappa shape index (κ3) is 3.79. The van der Waals surface area contributed by atoms with Crippen LogP contribution in [0.1, 0.15) is 18.2 Å². The number of hydrogen-bond donors (Lipinski definition) is 0. The van der Waals surface area contributed by atoms with Crippen molar-refractivity contribution in [1.82, 2.24) is 19.5 Å². The number of rotatable bonds is 4. The smallest absolute Gasteiger partial charge is 0.325 e. The van der Waals surface area contributed by atoms with Crippen molar-refractivity contribution in [3.8, 4) is 22.8 Å². The lowest BCUT2D eigenvalue weighted by Crippen LogP contribution is -2.07. The van der Waals surface area contributed by atoms with E-state index >= 15 is 0 Å². The van der Waals surface area contributed by atoms with Crippen LogP contribution in [0.25, 0.3) is 33.8 Å². The molecule has 0 aliphatic heterocycles. The van der Waals surface area contributed by atoms with Gasteiger partial charge in [0.2, 0.25) is 0 Å². The molecule has 0 fully saturated rings. The van der Waals surface area contributed by atoms with E-state index in [0.29, 0.717) is 17.0 Å². The van der Waals surface area contributed by atoms with Gasteiger partial charge in [0.1, 0.15) is 11.4 Å². The van der Waals surface area contributed by atoms with Crippen molar-refractivity contribution in [2.45, 2.75) is 24.9 Å². The van der Waals surface area contributed by atoms with Gasteiger partial charge in [-0.15, -0.1) is 11.8 Å². The number of imidazole rings is 1. The number of nitrogens with zero attached hydrogens (tertiary/aromatic N) is 4. The minimum absolute atomic E-state index is 0.241. The van der Waals surface area contributed by atoms with Gasteiger partial charge in [0.05, 0.1) is 22.9 Å². The standard InChI is InChI=1S/C22H19F3N4S/c1-4-30-18-10-9-15(14-7-5-13(2)6-8-14)27-20(18)21-28-16-11-19(22(23,24)25)26-12-17(16)29(21)3/h5-12H,4H2,1-3H3. The Morgan fingerprint density at radius 2 is 1.77 bits per heavy atom. The summed E-state index contributed by atoms with van der Waals surface area (Å²) in [5.41, 5.74) is 3.36. The number of aryl methyl sites for hydroxylation is 2. The van der Waals surface area contributed by atoms with E-state index in [4.69, 9.17) is 4.98 Å². The highest BCUT2D eigenvalue weighted by Crippen LogP contribution is 2.35. The maximum Gasteiger partial charge on any atom is 0.433 e. The van der Waals surface area contributed by atoms with Crippen LogP contribution in [0.15, 0.2) is 53.6 Å². The molecular formula is C22H19F3N4S. The van der Waals surface area contributed by atoms with Gasteiger partial charge >= 0.3 is 6.18 Å². The molecule has 0 aliphatic rings. The Balaban J connectivity index is 1.89. The largest absolute Gasteiger partial charge is 0.433 e. The van der Waals surface area contributed by atoms with Gasteiger partial charge in [-0.3, -0.25) is 0 Å². The molecule has 1 aromatic carbocycles. The number of aromatic nitrogens is 4. The van der Waals surface area contributed by atoms with Gasteiger partial charge < -0.3 is 4.57 Å². The van der Waals surface area contributed by atoms with Gasteiger partial charge in [-0.05, 0) is 30.9 Å². The lowest BCUT2D eigenvalue weighted by Gasteiger charge is -2.11. The second-order valence-corrected chi connectivity index (χ2v) is 8.20. The fourth-order valence-electron chi connectivity index (χ4n) is 3.22. The van der Waals surface area contributed by atoms with Crippen LogP contribution in [0.2, 0.25) is 0 Å². The van der Waals surface area contributed by atoms with Crippen LogP contribution in [0.4, 0.5) is 13.2 Å². The molecule has 3 aromatic heterocycles. The fraction of sp³-hybridized carbons (Fsp3) is 0.227. The summed E-state index contributed by atoms with van der Waals surface area (Å²) in [6.07, 6.45) is -3.30. The number of hydrogen-bond acceptors (Lipinski definition) is 4. The number of alkyl halides is 3. The molecule has 0 aliphatic carbocycles. The van der Waals surface area contributed by atoms with Crippen LogP contribution >= 0.6 is 11.8 Å². The first kappa shape index (κ1) is 20.4. The van der Waals surface area contributed by atoms with E-state index in [1.165, 1.54) is 6.20 Å². The van der Waals surface area contributed by atoms with E-state index in [-0.39, 0.29) is 5.52 Å². The van der Waals surface area contributed by atoms with E-state index in [1.807, 2.05) is 50.2 Å². The minimum atomic E-state index is -4.52. The molecule has 4 rings (SSSR count). The normalized spacial score (nSPS) is 11.9. The molecule has 3 heterocycles. The molecule has 0 saturated heterocycles. The maximum atomic E-state index is 13.1. The van der Waals surface area contributed by atoms with Gasteiger partial charge in [0.25, 0.3) is 0 Å². The molecule has 8 heteroatoms. The molecule has 0 unspecified atom stereocenters. The predicted octanol–water partition coefficient (Wildman–Crippen LogP) is 6.14. The first-order chi connectivity index (χ1) is 14.3. The Bertz CT molecular complexity index is 1210. The van der Waals surface area contributed by atoms with Gasteiger partial charge in [0, 0.05) is 17.5 Å². The Morgan fingerprint density at radius 3 is 2.43 bits per heavy atom. The highest BCUT2D eigenvalue weighted by molar-refractivity contribution is 7.99. The summed E-state index contributed by atoms with van der Waals surface area (Å²) in [7, 11) is 1.76. The summed E-state index contributed by atoms with van der Waals surface area (Å²) < 4.78 is 40.9. The third-order valence-corrected chi connectivity index (χ3v) is 5.70. The summed E-state index contributed by atoms with van der Waals surface area (Å²) in [5, 5.41) is 0. The molecule has 154 valence electrons. The van der Waals surface area contributed by atoms with Crippen molar-refractivity contribution in [3.05, 3.63) is 59.9 Å². The first-order valence-corrected chi connectivity index (χ1v) is 10.4. The maximum absolute atomic E-state index is 13.1. The van der Waals surface area contributed by atoms with Crippen molar-refractivity contribution in [2.75, 3.05) is 5.75 Å². The number of thioether (sulfide) groups is 1. The predicted molar refractivity (Wildman–Crippen MR) is 113 cm³/mol. The molecule has 4 aromatic rings. The zero-order valence-corrected chi connectivity index (χ0v) is 17.5. The second-order valence-electron chi connectivity index (χ2n) is 6.89. The summed E-state index contributed by atoms with van der Waals surface area (Å²) in [6.45, 7) is 4.06.